The maximum Gasteiger partial charge on any atom is 0.193 e. The fraction of sp³-hybridized carbons (Fsp3) is 0.316. The summed E-state index contributed by atoms with van der Waals surface area (Å²) in [7, 11) is 0. The van der Waals surface area contributed by atoms with Gasteiger partial charge in [0, 0.05) is 5.69 Å². The number of aliphatic imine (C=N–C) groups is 1. The minimum atomic E-state index is 0. The minimum Gasteiger partial charge on any atom is -0.492 e. The van der Waals surface area contributed by atoms with E-state index in [9.17, 15) is 0 Å². The Labute approximate surface area is 160 Å². The molecule has 24 heavy (non-hydrogen) atoms. The third-order valence-corrected chi connectivity index (χ3v) is 4.03. The lowest BCUT2D eigenvalue weighted by Crippen LogP contribution is -2.23. The molecule has 0 radical (unpaired) electrons. The summed E-state index contributed by atoms with van der Waals surface area (Å²) in [6, 6.07) is 14.4. The standard InChI is InChI=1S/C19H23N3O.HI/c1-14-5-9-18(10-6-14)23-12-11-21-19(20)22-17-8-7-15-3-2-4-16(15)13-17;/h5-10,13H,2-4,11-12H2,1H3,(H3,20,21,22);1H. The van der Waals surface area contributed by atoms with E-state index < -0.39 is 0 Å². The van der Waals surface area contributed by atoms with E-state index in [0.717, 1.165) is 17.9 Å². The summed E-state index contributed by atoms with van der Waals surface area (Å²) in [5.74, 6) is 1.28. The molecule has 0 bridgehead atoms. The highest BCUT2D eigenvalue weighted by Gasteiger charge is 2.10. The van der Waals surface area contributed by atoms with Crippen molar-refractivity contribution in [3.8, 4) is 5.75 Å². The van der Waals surface area contributed by atoms with Crippen molar-refractivity contribution in [2.45, 2.75) is 26.2 Å². The number of nitrogens with zero attached hydrogens (tertiary/aromatic N) is 1. The first kappa shape index (κ1) is 18.6. The highest BCUT2D eigenvalue weighted by molar-refractivity contribution is 14.0. The summed E-state index contributed by atoms with van der Waals surface area (Å²) < 4.78 is 5.63. The number of nitrogens with one attached hydrogen (secondary N) is 1. The number of guanidine groups is 1. The molecular formula is C19H24IN3O. The lowest BCUT2D eigenvalue weighted by Gasteiger charge is -2.08. The summed E-state index contributed by atoms with van der Waals surface area (Å²) in [5.41, 5.74) is 11.0. The Morgan fingerprint density at radius 1 is 1.12 bits per heavy atom. The molecule has 4 nitrogen and oxygen atoms in total. The Kier molecular flexibility index (Phi) is 6.90. The van der Waals surface area contributed by atoms with Crippen molar-refractivity contribution in [1.29, 1.82) is 0 Å². The molecule has 1 aliphatic rings. The van der Waals surface area contributed by atoms with Gasteiger partial charge in [-0.2, -0.15) is 0 Å². The quantitative estimate of drug-likeness (QED) is 0.323. The number of nitrogens with two attached hydrogens (primary N) is 1. The molecule has 0 heterocycles. The molecule has 2 aromatic rings. The second-order valence-corrected chi connectivity index (χ2v) is 5.89. The highest BCUT2D eigenvalue weighted by Crippen LogP contribution is 2.24. The van der Waals surface area contributed by atoms with Crippen LogP contribution in [0.4, 0.5) is 5.69 Å². The van der Waals surface area contributed by atoms with Gasteiger partial charge in [0.2, 0.25) is 0 Å². The molecule has 2 aromatic carbocycles. The van der Waals surface area contributed by atoms with Crippen LogP contribution in [0.1, 0.15) is 23.1 Å². The van der Waals surface area contributed by atoms with Crippen molar-refractivity contribution >= 4 is 35.6 Å². The average molecular weight is 437 g/mol. The average Bonchev–Trinajstić information content (AvgIpc) is 3.01. The maximum atomic E-state index is 5.93. The number of ether oxygens (including phenoxy) is 1. The summed E-state index contributed by atoms with van der Waals surface area (Å²) in [6.07, 6.45) is 3.60. The lowest BCUT2D eigenvalue weighted by molar-refractivity contribution is 0.328. The van der Waals surface area contributed by atoms with E-state index >= 15 is 0 Å². The van der Waals surface area contributed by atoms with Gasteiger partial charge in [-0.3, -0.25) is 0 Å². The number of fused-ring (bicyclic) bond motifs is 1. The predicted octanol–water partition coefficient (Wildman–Crippen LogP) is 3.91. The molecule has 3 rings (SSSR count). The minimum absolute atomic E-state index is 0. The van der Waals surface area contributed by atoms with Gasteiger partial charge in [-0.25, -0.2) is 4.99 Å². The predicted molar refractivity (Wildman–Crippen MR) is 111 cm³/mol. The third kappa shape index (κ3) is 5.12. The second kappa shape index (κ2) is 8.92. The first-order valence-corrected chi connectivity index (χ1v) is 8.09. The SMILES string of the molecule is Cc1ccc(OCCN=C(N)Nc2ccc3c(c2)CCC3)cc1.I. The van der Waals surface area contributed by atoms with Crippen LogP contribution in [0.2, 0.25) is 0 Å². The zero-order chi connectivity index (χ0) is 16.1. The fourth-order valence-electron chi connectivity index (χ4n) is 2.80. The molecule has 0 aliphatic heterocycles. The number of halogens is 1. The van der Waals surface area contributed by atoms with Gasteiger partial charge in [0.25, 0.3) is 0 Å². The summed E-state index contributed by atoms with van der Waals surface area (Å²) in [5, 5.41) is 3.15. The molecule has 0 unspecified atom stereocenters. The number of hydrogen-bond acceptors (Lipinski definition) is 2. The number of aryl methyl sites for hydroxylation is 3. The molecule has 0 spiro atoms. The molecule has 3 N–H and O–H groups in total. The van der Waals surface area contributed by atoms with E-state index in [0.29, 0.717) is 19.1 Å². The highest BCUT2D eigenvalue weighted by atomic mass is 127. The van der Waals surface area contributed by atoms with Crippen LogP contribution >= 0.6 is 24.0 Å². The van der Waals surface area contributed by atoms with Crippen LogP contribution in [-0.4, -0.2) is 19.1 Å². The Morgan fingerprint density at radius 3 is 2.67 bits per heavy atom. The van der Waals surface area contributed by atoms with E-state index in [1.54, 1.807) is 0 Å². The van der Waals surface area contributed by atoms with E-state index in [2.05, 4.69) is 35.4 Å². The lowest BCUT2D eigenvalue weighted by atomic mass is 10.1. The second-order valence-electron chi connectivity index (χ2n) is 5.89. The van der Waals surface area contributed by atoms with Crippen molar-refractivity contribution in [2.24, 2.45) is 10.7 Å². The van der Waals surface area contributed by atoms with Crippen LogP contribution in [0.25, 0.3) is 0 Å². The Bertz CT molecular complexity index is 698. The first-order chi connectivity index (χ1) is 11.2. The van der Waals surface area contributed by atoms with Crippen molar-refractivity contribution in [1.82, 2.24) is 0 Å². The van der Waals surface area contributed by atoms with E-state index in [1.165, 1.54) is 29.5 Å². The van der Waals surface area contributed by atoms with Crippen molar-refractivity contribution in [3.05, 3.63) is 59.2 Å². The molecule has 5 heteroatoms. The molecular weight excluding hydrogens is 413 g/mol. The molecule has 0 saturated carbocycles. The van der Waals surface area contributed by atoms with Gasteiger partial charge < -0.3 is 15.8 Å². The van der Waals surface area contributed by atoms with Crippen molar-refractivity contribution < 1.29 is 4.74 Å². The number of rotatable bonds is 5. The largest absolute Gasteiger partial charge is 0.492 e. The Hall–Kier alpha value is -1.76. The first-order valence-electron chi connectivity index (χ1n) is 8.09. The number of hydrogen-bond donors (Lipinski definition) is 2. The van der Waals surface area contributed by atoms with Crippen LogP contribution in [0.5, 0.6) is 5.75 Å². The molecule has 128 valence electrons. The Morgan fingerprint density at radius 2 is 1.88 bits per heavy atom. The summed E-state index contributed by atoms with van der Waals surface area (Å²) in [6.45, 7) is 3.09. The van der Waals surface area contributed by atoms with Gasteiger partial charge in [0.15, 0.2) is 5.96 Å². The third-order valence-electron chi connectivity index (χ3n) is 4.03. The van der Waals surface area contributed by atoms with Gasteiger partial charge in [0.05, 0.1) is 6.54 Å². The van der Waals surface area contributed by atoms with Gasteiger partial charge >= 0.3 is 0 Å². The van der Waals surface area contributed by atoms with Crippen LogP contribution < -0.4 is 15.8 Å². The molecule has 0 saturated heterocycles. The van der Waals surface area contributed by atoms with Crippen molar-refractivity contribution in [3.63, 3.8) is 0 Å². The zero-order valence-corrected chi connectivity index (χ0v) is 16.2. The van der Waals surface area contributed by atoms with Crippen molar-refractivity contribution in [2.75, 3.05) is 18.5 Å². The molecule has 0 amide bonds. The summed E-state index contributed by atoms with van der Waals surface area (Å²) >= 11 is 0. The fourth-order valence-corrected chi connectivity index (χ4v) is 2.80. The zero-order valence-electron chi connectivity index (χ0n) is 13.9. The van der Waals surface area contributed by atoms with Crippen LogP contribution in [0.3, 0.4) is 0 Å². The molecule has 0 atom stereocenters. The summed E-state index contributed by atoms with van der Waals surface area (Å²) in [4.78, 5) is 4.30. The molecule has 1 aliphatic carbocycles. The van der Waals surface area contributed by atoms with Gasteiger partial charge in [0.1, 0.15) is 12.4 Å². The van der Waals surface area contributed by atoms with E-state index in [-0.39, 0.29) is 24.0 Å². The van der Waals surface area contributed by atoms with Gasteiger partial charge in [-0.1, -0.05) is 23.8 Å². The van der Waals surface area contributed by atoms with Crippen LogP contribution in [0, 0.1) is 6.92 Å². The number of benzene rings is 2. The molecule has 0 aromatic heterocycles. The van der Waals surface area contributed by atoms with Gasteiger partial charge in [-0.05, 0) is 61.6 Å². The Balaban J connectivity index is 0.00000208. The number of anilines is 1. The maximum absolute atomic E-state index is 5.93. The molecule has 0 fully saturated rings. The van der Waals surface area contributed by atoms with E-state index in [1.807, 2.05) is 24.3 Å². The topological polar surface area (TPSA) is 59.6 Å². The normalized spacial score (nSPS) is 13.1. The monoisotopic (exact) mass is 437 g/mol. The van der Waals surface area contributed by atoms with Crippen LogP contribution in [0.15, 0.2) is 47.5 Å². The van der Waals surface area contributed by atoms with Gasteiger partial charge in [-0.15, -0.1) is 24.0 Å². The van der Waals surface area contributed by atoms with E-state index in [4.69, 9.17) is 10.5 Å². The smallest absolute Gasteiger partial charge is 0.193 e. The van der Waals surface area contributed by atoms with Crippen LogP contribution in [-0.2, 0) is 12.8 Å².